The van der Waals surface area contributed by atoms with E-state index < -0.39 is 0 Å². The first-order valence-electron chi connectivity index (χ1n) is 13.7. The van der Waals surface area contributed by atoms with Gasteiger partial charge in [-0.05, 0) is 85.1 Å². The average Bonchev–Trinajstić information content (AvgIpc) is 3.19. The number of aryl methyl sites for hydroxylation is 2. The van der Waals surface area contributed by atoms with Crippen molar-refractivity contribution in [3.8, 4) is 0 Å². The average molecular weight is 474 g/mol. The Morgan fingerprint density at radius 1 is 1.03 bits per heavy atom. The zero-order valence-corrected chi connectivity index (χ0v) is 24.7. The highest BCUT2D eigenvalue weighted by molar-refractivity contribution is 5.79. The second-order valence-corrected chi connectivity index (χ2v) is 9.38. The van der Waals surface area contributed by atoms with Gasteiger partial charge in [-0.25, -0.2) is 0 Å². The predicted octanol–water partition coefficient (Wildman–Crippen LogP) is 10.5. The summed E-state index contributed by atoms with van der Waals surface area (Å²) in [6.45, 7) is 37.9. The standard InChI is InChI=1S/C30H39N.2C2H6/c1-11-24-23(9)31-18-27(25(12-2)26-15-14-20(6)16-21(26)7)22(8)29(31)17-28(24)30(10,13-3)19(4)5;2*1-2/h14-17H,4,8-9,11-13,18H2,1-3,5-7,10H3;2*1-2H3/b27-25-;;/t30-;;/m0../s1. The van der Waals surface area contributed by atoms with Crippen molar-refractivity contribution < 1.29 is 0 Å². The summed E-state index contributed by atoms with van der Waals surface area (Å²) in [7, 11) is 0. The van der Waals surface area contributed by atoms with Crippen LogP contribution in [0, 0.1) is 19.3 Å². The van der Waals surface area contributed by atoms with Gasteiger partial charge in [-0.2, -0.15) is 0 Å². The summed E-state index contributed by atoms with van der Waals surface area (Å²) in [4.78, 5) is 2.38. The second kappa shape index (κ2) is 13.0. The van der Waals surface area contributed by atoms with Crippen LogP contribution in [-0.4, -0.2) is 11.4 Å². The van der Waals surface area contributed by atoms with E-state index in [0.29, 0.717) is 0 Å². The molecule has 0 aliphatic carbocycles. The van der Waals surface area contributed by atoms with Gasteiger partial charge in [0.2, 0.25) is 0 Å². The molecule has 1 fully saturated rings. The Hall–Kier alpha value is -2.54. The van der Waals surface area contributed by atoms with Crippen molar-refractivity contribution in [2.24, 2.45) is 5.41 Å². The van der Waals surface area contributed by atoms with Crippen LogP contribution in [0.5, 0.6) is 0 Å². The molecule has 1 aromatic carbocycles. The van der Waals surface area contributed by atoms with Gasteiger partial charge in [0.15, 0.2) is 0 Å². The smallest absolute Gasteiger partial charge is 0.0491 e. The van der Waals surface area contributed by atoms with Gasteiger partial charge in [0, 0.05) is 23.4 Å². The molecule has 2 aliphatic heterocycles. The lowest BCUT2D eigenvalue weighted by Crippen LogP contribution is -2.28. The summed E-state index contributed by atoms with van der Waals surface area (Å²) in [5.41, 5.74) is 14.1. The number of fused-ring (bicyclic) bond motifs is 1. The molecule has 0 N–H and O–H groups in total. The van der Waals surface area contributed by atoms with Crippen molar-refractivity contribution in [3.63, 3.8) is 0 Å². The van der Waals surface area contributed by atoms with Gasteiger partial charge in [-0.15, -0.1) is 0 Å². The summed E-state index contributed by atoms with van der Waals surface area (Å²) in [5, 5.41) is 0. The van der Waals surface area contributed by atoms with Gasteiger partial charge in [0.1, 0.15) is 0 Å². The second-order valence-electron chi connectivity index (χ2n) is 9.38. The van der Waals surface area contributed by atoms with Crippen LogP contribution in [0.3, 0.4) is 0 Å². The highest BCUT2D eigenvalue weighted by Gasteiger charge is 2.38. The molecule has 0 unspecified atom stereocenters. The van der Waals surface area contributed by atoms with Gasteiger partial charge < -0.3 is 4.90 Å². The van der Waals surface area contributed by atoms with E-state index in [9.17, 15) is 0 Å². The third-order valence-electron chi connectivity index (χ3n) is 7.58. The Kier molecular flexibility index (Phi) is 11.3. The molecular formula is C34H51N. The third kappa shape index (κ3) is 5.66. The predicted molar refractivity (Wildman–Crippen MR) is 159 cm³/mol. The quantitative estimate of drug-likeness (QED) is 0.371. The molecule has 1 atom stereocenters. The van der Waals surface area contributed by atoms with Crippen LogP contribution < -0.4 is 0 Å². The van der Waals surface area contributed by atoms with Gasteiger partial charge >= 0.3 is 0 Å². The van der Waals surface area contributed by atoms with Crippen molar-refractivity contribution >= 4 is 5.57 Å². The maximum Gasteiger partial charge on any atom is 0.0491 e. The van der Waals surface area contributed by atoms with Crippen LogP contribution in [0.1, 0.15) is 98.3 Å². The first-order valence-corrected chi connectivity index (χ1v) is 13.7. The minimum atomic E-state index is -0.0543. The normalized spacial score (nSPS) is 18.0. The number of hydrogen-bond donors (Lipinski definition) is 0. The molecule has 1 heteroatoms. The number of nitrogens with zero attached hydrogens (tertiary/aromatic N) is 1. The van der Waals surface area contributed by atoms with E-state index in [2.05, 4.69) is 97.4 Å². The van der Waals surface area contributed by atoms with Gasteiger partial charge in [0.25, 0.3) is 0 Å². The van der Waals surface area contributed by atoms with Crippen LogP contribution in [0.15, 0.2) is 83.3 Å². The zero-order valence-electron chi connectivity index (χ0n) is 24.7. The fourth-order valence-electron chi connectivity index (χ4n) is 5.21. The highest BCUT2D eigenvalue weighted by Crippen LogP contribution is 2.50. The topological polar surface area (TPSA) is 3.24 Å². The Morgan fingerprint density at radius 3 is 2.09 bits per heavy atom. The molecule has 0 spiro atoms. The lowest BCUT2D eigenvalue weighted by Gasteiger charge is -2.38. The highest BCUT2D eigenvalue weighted by atomic mass is 15.2. The van der Waals surface area contributed by atoms with Crippen molar-refractivity contribution in [2.45, 2.75) is 95.4 Å². The van der Waals surface area contributed by atoms with Gasteiger partial charge in [-0.1, -0.05) is 104 Å². The van der Waals surface area contributed by atoms with Crippen LogP contribution in [0.25, 0.3) is 5.57 Å². The molecule has 192 valence electrons. The van der Waals surface area contributed by atoms with Crippen molar-refractivity contribution in [2.75, 3.05) is 6.54 Å². The van der Waals surface area contributed by atoms with Crippen LogP contribution in [0.4, 0.5) is 0 Å². The van der Waals surface area contributed by atoms with Crippen LogP contribution >= 0.6 is 0 Å². The molecule has 35 heavy (non-hydrogen) atoms. The largest absolute Gasteiger partial charge is 0.337 e. The molecule has 0 radical (unpaired) electrons. The van der Waals surface area contributed by atoms with E-state index in [0.717, 1.165) is 37.1 Å². The Labute approximate surface area is 217 Å². The maximum absolute atomic E-state index is 4.58. The lowest BCUT2D eigenvalue weighted by molar-refractivity contribution is 0.443. The van der Waals surface area contributed by atoms with E-state index in [4.69, 9.17) is 0 Å². The zero-order chi connectivity index (χ0) is 27.1. The Morgan fingerprint density at radius 2 is 1.63 bits per heavy atom. The minimum absolute atomic E-state index is 0.0543. The monoisotopic (exact) mass is 473 g/mol. The van der Waals surface area contributed by atoms with Crippen molar-refractivity contribution in [1.82, 2.24) is 4.90 Å². The molecule has 0 saturated carbocycles. The summed E-state index contributed by atoms with van der Waals surface area (Å²) in [5.74, 6) is 0. The van der Waals surface area contributed by atoms with E-state index in [1.165, 1.54) is 50.3 Å². The number of allylic oxidation sites excluding steroid dienone is 6. The van der Waals surface area contributed by atoms with Crippen molar-refractivity contribution in [1.29, 1.82) is 0 Å². The first-order chi connectivity index (χ1) is 16.6. The summed E-state index contributed by atoms with van der Waals surface area (Å²) >= 11 is 0. The van der Waals surface area contributed by atoms with E-state index in [-0.39, 0.29) is 5.41 Å². The third-order valence-corrected chi connectivity index (χ3v) is 7.58. The summed E-state index contributed by atoms with van der Waals surface area (Å²) in [6, 6.07) is 6.78. The number of benzene rings is 1. The SMILES string of the molecule is C=C1C2=CC([C@@](C)(CC)C(=C)C)=C(CC)C(=C)N2C/C1=C(\CC)c1ccc(C)cc1C.CC.CC. The first kappa shape index (κ1) is 30.5. The molecular weight excluding hydrogens is 422 g/mol. The van der Waals surface area contributed by atoms with E-state index >= 15 is 0 Å². The van der Waals surface area contributed by atoms with E-state index in [1.807, 2.05) is 27.7 Å². The van der Waals surface area contributed by atoms with Crippen LogP contribution in [-0.2, 0) is 0 Å². The fourth-order valence-corrected chi connectivity index (χ4v) is 5.21. The molecule has 2 heterocycles. The van der Waals surface area contributed by atoms with Gasteiger partial charge in [-0.3, -0.25) is 0 Å². The van der Waals surface area contributed by atoms with Crippen LogP contribution in [0.2, 0.25) is 0 Å². The molecule has 3 rings (SSSR count). The number of rotatable bonds is 6. The molecule has 2 aliphatic rings. The summed E-state index contributed by atoms with van der Waals surface area (Å²) in [6.07, 6.45) is 5.37. The summed E-state index contributed by atoms with van der Waals surface area (Å²) < 4.78 is 0. The minimum Gasteiger partial charge on any atom is -0.337 e. The molecule has 1 nitrogen and oxygen atoms in total. The Bertz CT molecular complexity index is 1060. The van der Waals surface area contributed by atoms with E-state index in [1.54, 1.807) is 0 Å². The molecule has 1 saturated heterocycles. The fraction of sp³-hybridized carbons (Fsp3) is 0.471. The maximum atomic E-state index is 4.58. The molecule has 1 aromatic rings. The molecule has 0 aromatic heterocycles. The van der Waals surface area contributed by atoms with Crippen molar-refractivity contribution in [3.05, 3.63) is 100.0 Å². The lowest BCUT2D eigenvalue weighted by atomic mass is 9.70. The Balaban J connectivity index is 0.00000145. The molecule has 0 bridgehead atoms. The molecule has 0 amide bonds. The number of hydrogen-bond acceptors (Lipinski definition) is 1. The van der Waals surface area contributed by atoms with Gasteiger partial charge in [0.05, 0.1) is 0 Å².